The van der Waals surface area contributed by atoms with Crippen LogP contribution in [0.5, 0.6) is 0 Å². The van der Waals surface area contributed by atoms with E-state index in [0.717, 1.165) is 34.6 Å². The molecule has 1 atom stereocenters. The normalized spacial score (nSPS) is 14.4. The number of thiophene rings is 1. The van der Waals surface area contributed by atoms with Crippen molar-refractivity contribution in [1.29, 1.82) is 0 Å². The van der Waals surface area contributed by atoms with Gasteiger partial charge in [-0.15, -0.1) is 23.1 Å². The number of rotatable bonds is 10. The summed E-state index contributed by atoms with van der Waals surface area (Å²) in [5.74, 6) is -1.27. The lowest BCUT2D eigenvalue weighted by molar-refractivity contribution is -0.114. The molecule has 1 aliphatic carbocycles. The molecule has 12 heteroatoms. The highest BCUT2D eigenvalue weighted by molar-refractivity contribution is 8.00. The number of hydrogen-bond donors (Lipinski definition) is 3. The van der Waals surface area contributed by atoms with E-state index in [1.807, 2.05) is 6.07 Å². The number of ether oxygens (including phenoxy) is 1. The minimum Gasteiger partial charge on any atom is -0.465 e. The Bertz CT molecular complexity index is 1930. The van der Waals surface area contributed by atoms with Crippen LogP contribution in [0.4, 0.5) is 10.7 Å². The van der Waals surface area contributed by atoms with Gasteiger partial charge in [0.25, 0.3) is 11.8 Å². The Balaban J connectivity index is 1.28. The van der Waals surface area contributed by atoms with Gasteiger partial charge in [0.15, 0.2) is 0 Å². The third kappa shape index (κ3) is 9.17. The predicted octanol–water partition coefficient (Wildman–Crippen LogP) is 9.13. The monoisotopic (exact) mass is 749 g/mol. The maximum atomic E-state index is 13.6. The third-order valence-corrected chi connectivity index (χ3v) is 11.2. The van der Waals surface area contributed by atoms with Crippen LogP contribution in [0.15, 0.2) is 83.4 Å². The summed E-state index contributed by atoms with van der Waals surface area (Å²) in [6.45, 7) is 6.69. The van der Waals surface area contributed by atoms with Gasteiger partial charge < -0.3 is 20.7 Å². The molecule has 0 aliphatic heterocycles. The fourth-order valence-electron chi connectivity index (χ4n) is 5.64. The standard InChI is InChI=1S/C38H37Cl2N3O5S2/c1-38(2,3)23-16-17-26-31(18-23)50-36(33(26)37(47)48-4)43-32(44)21-49-25-13-8-12-24(19-25)41-35(46)30(20-27-28(39)14-9-15-29(27)40)42-34(45)22-10-6-5-7-11-22/h5-15,19-20,23H,16-18,21H2,1-4H3,(H,41,46)(H,42,45)(H,43,44)/b30-20+. The number of benzene rings is 3. The van der Waals surface area contributed by atoms with Crippen LogP contribution >= 0.6 is 46.3 Å². The lowest BCUT2D eigenvalue weighted by Crippen LogP contribution is -2.30. The molecule has 1 aliphatic rings. The Kier molecular flexibility index (Phi) is 12.1. The quantitative estimate of drug-likeness (QED) is 0.0847. The first-order valence-corrected chi connectivity index (χ1v) is 18.5. The van der Waals surface area contributed by atoms with E-state index < -0.39 is 17.8 Å². The van der Waals surface area contributed by atoms with Gasteiger partial charge in [0.05, 0.1) is 18.4 Å². The molecule has 8 nitrogen and oxygen atoms in total. The van der Waals surface area contributed by atoms with E-state index in [1.54, 1.807) is 66.7 Å². The van der Waals surface area contributed by atoms with Crippen molar-refractivity contribution in [3.05, 3.63) is 116 Å². The zero-order valence-corrected chi connectivity index (χ0v) is 31.2. The van der Waals surface area contributed by atoms with Crippen LogP contribution in [0.3, 0.4) is 0 Å². The molecule has 5 rings (SSSR count). The molecule has 3 N–H and O–H groups in total. The van der Waals surface area contributed by atoms with E-state index in [2.05, 4.69) is 36.7 Å². The fraction of sp³-hybridized carbons (Fsp3) is 0.263. The number of anilines is 2. The molecule has 0 bridgehead atoms. The zero-order chi connectivity index (χ0) is 36.0. The van der Waals surface area contributed by atoms with Gasteiger partial charge in [-0.3, -0.25) is 14.4 Å². The second-order valence-electron chi connectivity index (χ2n) is 12.8. The van der Waals surface area contributed by atoms with Crippen LogP contribution in [0, 0.1) is 11.3 Å². The Labute approximate surface area is 310 Å². The van der Waals surface area contributed by atoms with Crippen molar-refractivity contribution in [2.24, 2.45) is 11.3 Å². The number of amides is 3. The Morgan fingerprint density at radius 1 is 0.960 bits per heavy atom. The molecule has 0 saturated carbocycles. The summed E-state index contributed by atoms with van der Waals surface area (Å²) in [6, 6.07) is 20.5. The van der Waals surface area contributed by atoms with Crippen molar-refractivity contribution >= 4 is 86.8 Å². The smallest absolute Gasteiger partial charge is 0.341 e. The molecule has 4 aromatic rings. The first-order valence-electron chi connectivity index (χ1n) is 15.9. The van der Waals surface area contributed by atoms with E-state index in [0.29, 0.717) is 43.3 Å². The van der Waals surface area contributed by atoms with Gasteiger partial charge in [0.1, 0.15) is 10.7 Å². The predicted molar refractivity (Wildman–Crippen MR) is 203 cm³/mol. The van der Waals surface area contributed by atoms with E-state index in [4.69, 9.17) is 27.9 Å². The number of fused-ring (bicyclic) bond motifs is 1. The Morgan fingerprint density at radius 3 is 2.34 bits per heavy atom. The van der Waals surface area contributed by atoms with Gasteiger partial charge in [-0.2, -0.15) is 0 Å². The minimum atomic E-state index is -0.601. The van der Waals surface area contributed by atoms with Crippen molar-refractivity contribution < 1.29 is 23.9 Å². The van der Waals surface area contributed by atoms with Crippen molar-refractivity contribution in [1.82, 2.24) is 5.32 Å². The minimum absolute atomic E-state index is 0.0640. The number of hydrogen-bond acceptors (Lipinski definition) is 7. The second kappa shape index (κ2) is 16.3. The van der Waals surface area contributed by atoms with Crippen LogP contribution in [0.25, 0.3) is 6.08 Å². The molecule has 3 aromatic carbocycles. The number of carbonyl (C=O) groups is 4. The number of halogens is 2. The molecule has 0 saturated heterocycles. The number of carbonyl (C=O) groups excluding carboxylic acids is 4. The number of esters is 1. The largest absolute Gasteiger partial charge is 0.465 e. The van der Waals surface area contributed by atoms with Crippen LogP contribution in [0.2, 0.25) is 10.0 Å². The molecule has 0 fully saturated rings. The van der Waals surface area contributed by atoms with Gasteiger partial charge in [-0.25, -0.2) is 4.79 Å². The van der Waals surface area contributed by atoms with Crippen LogP contribution in [-0.4, -0.2) is 36.6 Å². The summed E-state index contributed by atoms with van der Waals surface area (Å²) in [5, 5.41) is 9.59. The summed E-state index contributed by atoms with van der Waals surface area (Å²) in [6.07, 6.45) is 4.02. The number of methoxy groups -OCH3 is 1. The lowest BCUT2D eigenvalue weighted by atomic mass is 9.72. The maximum absolute atomic E-state index is 13.6. The first kappa shape index (κ1) is 37.2. The van der Waals surface area contributed by atoms with Gasteiger partial charge in [-0.05, 0) is 84.7 Å². The second-order valence-corrected chi connectivity index (χ2v) is 15.8. The highest BCUT2D eigenvalue weighted by atomic mass is 35.5. The van der Waals surface area contributed by atoms with Crippen molar-refractivity contribution in [3.8, 4) is 0 Å². The molecular weight excluding hydrogens is 713 g/mol. The van der Waals surface area contributed by atoms with Gasteiger partial charge in [0.2, 0.25) is 5.91 Å². The van der Waals surface area contributed by atoms with Gasteiger partial charge >= 0.3 is 5.97 Å². The molecule has 1 unspecified atom stereocenters. The SMILES string of the molecule is COC(=O)c1c(NC(=O)CSc2cccc(NC(=O)/C(=C\c3c(Cl)cccc3Cl)NC(=O)c3ccccc3)c2)sc2c1CCC(C(C)(C)C)C2. The van der Waals surface area contributed by atoms with Gasteiger partial charge in [0, 0.05) is 36.6 Å². The fourth-order valence-corrected chi connectivity index (χ4v) is 8.23. The van der Waals surface area contributed by atoms with Crippen molar-refractivity contribution in [2.45, 2.75) is 44.9 Å². The number of thioether (sulfide) groups is 1. The average Bonchev–Trinajstić information content (AvgIpc) is 3.45. The number of nitrogens with one attached hydrogen (secondary N) is 3. The van der Waals surface area contributed by atoms with Crippen molar-refractivity contribution in [3.63, 3.8) is 0 Å². The summed E-state index contributed by atoms with van der Waals surface area (Å²) in [7, 11) is 1.35. The Morgan fingerprint density at radius 2 is 1.66 bits per heavy atom. The zero-order valence-electron chi connectivity index (χ0n) is 28.0. The lowest BCUT2D eigenvalue weighted by Gasteiger charge is -2.33. The molecule has 50 heavy (non-hydrogen) atoms. The highest BCUT2D eigenvalue weighted by Crippen LogP contribution is 2.44. The average molecular weight is 751 g/mol. The van der Waals surface area contributed by atoms with E-state index in [9.17, 15) is 19.2 Å². The summed E-state index contributed by atoms with van der Waals surface area (Å²) < 4.78 is 5.09. The molecule has 0 radical (unpaired) electrons. The van der Waals surface area contributed by atoms with E-state index in [-0.39, 0.29) is 22.8 Å². The molecule has 1 heterocycles. The maximum Gasteiger partial charge on any atom is 0.341 e. The van der Waals surface area contributed by atoms with Crippen LogP contribution in [0.1, 0.15) is 63.9 Å². The molecule has 1 aromatic heterocycles. The molecule has 3 amide bonds. The third-order valence-electron chi connectivity index (χ3n) is 8.41. The summed E-state index contributed by atoms with van der Waals surface area (Å²) in [4.78, 5) is 54.4. The Hall–Kier alpha value is -4.09. The molecule has 0 spiro atoms. The van der Waals surface area contributed by atoms with E-state index >= 15 is 0 Å². The van der Waals surface area contributed by atoms with E-state index in [1.165, 1.54) is 36.3 Å². The van der Waals surface area contributed by atoms with Crippen LogP contribution < -0.4 is 16.0 Å². The summed E-state index contributed by atoms with van der Waals surface area (Å²) >= 11 is 15.5. The van der Waals surface area contributed by atoms with Crippen LogP contribution in [-0.2, 0) is 27.2 Å². The summed E-state index contributed by atoms with van der Waals surface area (Å²) in [5.41, 5.74) is 2.67. The first-order chi connectivity index (χ1) is 23.8. The molecular formula is C38H37Cl2N3O5S2. The van der Waals surface area contributed by atoms with Gasteiger partial charge in [-0.1, -0.05) is 74.3 Å². The molecule has 260 valence electrons. The highest BCUT2D eigenvalue weighted by Gasteiger charge is 2.34. The topological polar surface area (TPSA) is 114 Å². The van der Waals surface area contributed by atoms with Crippen molar-refractivity contribution in [2.75, 3.05) is 23.5 Å².